The Kier molecular flexibility index (Phi) is 8.18. The normalized spacial score (nSPS) is 11.0. The van der Waals surface area contributed by atoms with Crippen molar-refractivity contribution in [2.24, 2.45) is 4.99 Å². The van der Waals surface area contributed by atoms with Gasteiger partial charge in [-0.05, 0) is 61.5 Å². The Balaban J connectivity index is 2.32. The number of anilines is 1. The largest absolute Gasteiger partial charge is 0.490 e. The Labute approximate surface area is 181 Å². The molecule has 158 valence electrons. The number of halogens is 2. The molecule has 2 aromatic carbocycles. The van der Waals surface area contributed by atoms with E-state index >= 15 is 0 Å². The molecule has 0 heterocycles. The predicted molar refractivity (Wildman–Crippen MR) is 121 cm³/mol. The highest BCUT2D eigenvalue weighted by Crippen LogP contribution is 2.22. The molecule has 0 saturated heterocycles. The summed E-state index contributed by atoms with van der Waals surface area (Å²) in [6.07, 6.45) is 1.51. The van der Waals surface area contributed by atoms with Crippen LogP contribution in [0.3, 0.4) is 0 Å². The lowest BCUT2D eigenvalue weighted by molar-refractivity contribution is -0.117. The van der Waals surface area contributed by atoms with Gasteiger partial charge in [0.15, 0.2) is 0 Å². The third-order valence-electron chi connectivity index (χ3n) is 4.39. The second-order valence-corrected chi connectivity index (χ2v) is 7.27. The van der Waals surface area contributed by atoms with Gasteiger partial charge in [-0.25, -0.2) is 9.38 Å². The van der Waals surface area contributed by atoms with Gasteiger partial charge in [-0.3, -0.25) is 4.79 Å². The maximum Gasteiger partial charge on any atom is 0.312 e. The van der Waals surface area contributed by atoms with Crippen molar-refractivity contribution in [1.29, 1.82) is 0 Å². The van der Waals surface area contributed by atoms with Crippen LogP contribution in [0.15, 0.2) is 59.9 Å². The molecular formula is C23H25ClFN3O2. The molecule has 2 rings (SSSR count). The average molecular weight is 430 g/mol. The fourth-order valence-electron chi connectivity index (χ4n) is 2.79. The minimum atomic E-state index is -0.597. The highest BCUT2D eigenvalue weighted by molar-refractivity contribution is 6.30. The molecular weight excluding hydrogens is 405 g/mol. The Morgan fingerprint density at radius 3 is 2.67 bits per heavy atom. The number of aliphatic imine (C=N–C) groups is 1. The first-order chi connectivity index (χ1) is 14.2. The van der Waals surface area contributed by atoms with E-state index in [0.29, 0.717) is 17.3 Å². The molecule has 7 heteroatoms. The number of methoxy groups -OCH3 is 1. The van der Waals surface area contributed by atoms with Crippen molar-refractivity contribution in [3.05, 3.63) is 82.5 Å². The lowest BCUT2D eigenvalue weighted by atomic mass is 10.1. The third kappa shape index (κ3) is 6.46. The summed E-state index contributed by atoms with van der Waals surface area (Å²) < 4.78 is 18.9. The molecule has 0 aliphatic carbocycles. The zero-order valence-electron chi connectivity index (χ0n) is 17.3. The number of nitrogens with zero attached hydrogens (tertiary/aromatic N) is 2. The summed E-state index contributed by atoms with van der Waals surface area (Å²) in [5.74, 6) is -1.02. The SMILES string of the molecule is C=NC(=O)/C(=C\N(CNc1cc(C(=C)C)ccc1C)Cc1cc(F)cc(Cl)c1)OC. The summed E-state index contributed by atoms with van der Waals surface area (Å²) in [5.41, 5.74) is 4.58. The maximum atomic E-state index is 13.8. The number of carbonyl (C=O) groups excluding carboxylic acids is 1. The number of ether oxygens (including phenoxy) is 1. The van der Waals surface area contributed by atoms with E-state index in [1.54, 1.807) is 11.0 Å². The minimum absolute atomic E-state index is 0.0155. The molecule has 0 aromatic heterocycles. The molecule has 0 atom stereocenters. The number of hydrogen-bond acceptors (Lipinski definition) is 4. The van der Waals surface area contributed by atoms with Crippen LogP contribution < -0.4 is 5.32 Å². The van der Waals surface area contributed by atoms with E-state index in [1.807, 2.05) is 32.0 Å². The summed E-state index contributed by atoms with van der Waals surface area (Å²) in [6, 6.07) is 10.3. The van der Waals surface area contributed by atoms with Crippen LogP contribution in [0.1, 0.15) is 23.6 Å². The molecule has 0 radical (unpaired) electrons. The van der Waals surface area contributed by atoms with Crippen LogP contribution in [0, 0.1) is 12.7 Å². The van der Waals surface area contributed by atoms with Gasteiger partial charge in [0.05, 0.1) is 13.8 Å². The van der Waals surface area contributed by atoms with Gasteiger partial charge >= 0.3 is 5.91 Å². The van der Waals surface area contributed by atoms with Crippen molar-refractivity contribution in [2.45, 2.75) is 20.4 Å². The van der Waals surface area contributed by atoms with Gasteiger partial charge in [-0.15, -0.1) is 0 Å². The van der Waals surface area contributed by atoms with E-state index < -0.39 is 11.7 Å². The molecule has 0 fully saturated rings. The van der Waals surface area contributed by atoms with Gasteiger partial charge in [0, 0.05) is 23.5 Å². The number of rotatable bonds is 9. The zero-order chi connectivity index (χ0) is 22.3. The number of nitrogens with one attached hydrogen (secondary N) is 1. The van der Waals surface area contributed by atoms with Gasteiger partial charge in [0.25, 0.3) is 0 Å². The summed E-state index contributed by atoms with van der Waals surface area (Å²) in [4.78, 5) is 17.1. The standard InChI is InChI=1S/C23H25ClFN3O2/c1-15(2)18-7-6-16(3)21(10-18)27-14-28(13-22(30-5)23(29)26-4)12-17-8-19(24)11-20(25)9-17/h6-11,13,27H,1,4,12,14H2,2-3,5H3/b22-13+. The first-order valence-corrected chi connectivity index (χ1v) is 9.57. The quantitative estimate of drug-likeness (QED) is 0.251. The number of amides is 1. The van der Waals surface area contributed by atoms with Gasteiger partial charge in [-0.1, -0.05) is 35.9 Å². The van der Waals surface area contributed by atoms with E-state index in [1.165, 1.54) is 25.4 Å². The van der Waals surface area contributed by atoms with Crippen LogP contribution >= 0.6 is 11.6 Å². The second kappa shape index (κ2) is 10.6. The maximum absolute atomic E-state index is 13.8. The van der Waals surface area contributed by atoms with Crippen LogP contribution in [0.5, 0.6) is 0 Å². The molecule has 1 N–H and O–H groups in total. The minimum Gasteiger partial charge on any atom is -0.490 e. The summed E-state index contributed by atoms with van der Waals surface area (Å²) in [7, 11) is 1.38. The van der Waals surface area contributed by atoms with Crippen LogP contribution in [-0.2, 0) is 16.1 Å². The van der Waals surface area contributed by atoms with Crippen LogP contribution in [0.2, 0.25) is 5.02 Å². The Morgan fingerprint density at radius 2 is 2.07 bits per heavy atom. The molecule has 1 amide bonds. The van der Waals surface area contributed by atoms with Gasteiger partial charge < -0.3 is 15.0 Å². The van der Waals surface area contributed by atoms with Crippen LogP contribution in [-0.4, -0.2) is 31.3 Å². The second-order valence-electron chi connectivity index (χ2n) is 6.83. The molecule has 0 saturated carbocycles. The highest BCUT2D eigenvalue weighted by Gasteiger charge is 2.12. The number of allylic oxidation sites excluding steroid dienone is 1. The summed E-state index contributed by atoms with van der Waals surface area (Å²) in [6.45, 7) is 11.7. The van der Waals surface area contributed by atoms with E-state index in [2.05, 4.69) is 23.6 Å². The van der Waals surface area contributed by atoms with E-state index in [4.69, 9.17) is 16.3 Å². The molecule has 0 unspecified atom stereocenters. The van der Waals surface area contributed by atoms with Gasteiger partial charge in [-0.2, -0.15) is 0 Å². The van der Waals surface area contributed by atoms with Crippen molar-refractivity contribution in [3.63, 3.8) is 0 Å². The van der Waals surface area contributed by atoms with Crippen LogP contribution in [0.4, 0.5) is 10.1 Å². The lowest BCUT2D eigenvalue weighted by Crippen LogP contribution is -2.26. The number of carbonyl (C=O) groups is 1. The van der Waals surface area contributed by atoms with Crippen LogP contribution in [0.25, 0.3) is 5.57 Å². The Morgan fingerprint density at radius 1 is 1.33 bits per heavy atom. The third-order valence-corrected chi connectivity index (χ3v) is 4.60. The van der Waals surface area contributed by atoms with Crippen molar-refractivity contribution in [2.75, 3.05) is 19.1 Å². The Hall–Kier alpha value is -3.12. The van der Waals surface area contributed by atoms with E-state index in [-0.39, 0.29) is 12.3 Å². The van der Waals surface area contributed by atoms with Gasteiger partial charge in [0.1, 0.15) is 5.82 Å². The van der Waals surface area contributed by atoms with Crippen molar-refractivity contribution in [1.82, 2.24) is 4.90 Å². The number of aryl methyl sites for hydroxylation is 1. The molecule has 5 nitrogen and oxygen atoms in total. The first kappa shape index (κ1) is 23.2. The van der Waals surface area contributed by atoms with E-state index in [0.717, 1.165) is 22.4 Å². The Bertz CT molecular complexity index is 968. The topological polar surface area (TPSA) is 53.9 Å². The fourth-order valence-corrected chi connectivity index (χ4v) is 3.03. The van der Waals surface area contributed by atoms with Gasteiger partial charge in [0.2, 0.25) is 5.76 Å². The fraction of sp³-hybridized carbons (Fsp3) is 0.217. The van der Waals surface area contributed by atoms with Crippen molar-refractivity contribution < 1.29 is 13.9 Å². The highest BCUT2D eigenvalue weighted by atomic mass is 35.5. The molecule has 30 heavy (non-hydrogen) atoms. The molecule has 0 aliphatic heterocycles. The van der Waals surface area contributed by atoms with Crippen molar-refractivity contribution >= 4 is 35.5 Å². The lowest BCUT2D eigenvalue weighted by Gasteiger charge is -2.23. The van der Waals surface area contributed by atoms with Crippen molar-refractivity contribution in [3.8, 4) is 0 Å². The molecule has 2 aromatic rings. The molecule has 0 spiro atoms. The summed E-state index contributed by atoms with van der Waals surface area (Å²) in [5, 5.41) is 3.64. The first-order valence-electron chi connectivity index (χ1n) is 9.19. The monoisotopic (exact) mass is 429 g/mol. The number of hydrogen-bond donors (Lipinski definition) is 1. The summed E-state index contributed by atoms with van der Waals surface area (Å²) >= 11 is 5.98. The number of benzene rings is 2. The van der Waals surface area contributed by atoms with E-state index in [9.17, 15) is 9.18 Å². The molecule has 0 bridgehead atoms. The smallest absolute Gasteiger partial charge is 0.312 e. The average Bonchev–Trinajstić information content (AvgIpc) is 2.69. The predicted octanol–water partition coefficient (Wildman–Crippen LogP) is 5.41. The molecule has 0 aliphatic rings. The zero-order valence-corrected chi connectivity index (χ0v) is 18.1.